The van der Waals surface area contributed by atoms with Crippen molar-refractivity contribution < 1.29 is 18.0 Å². The minimum atomic E-state index is -3.80. The van der Waals surface area contributed by atoms with Crippen LogP contribution in [0.15, 0.2) is 47.4 Å². The molecule has 0 aromatic heterocycles. The van der Waals surface area contributed by atoms with E-state index in [1.165, 1.54) is 6.07 Å². The molecular formula is C23H29N3O4S. The van der Waals surface area contributed by atoms with Crippen molar-refractivity contribution in [3.8, 4) is 0 Å². The smallest absolute Gasteiger partial charge is 0.262 e. The molecule has 0 radical (unpaired) electrons. The van der Waals surface area contributed by atoms with Crippen molar-refractivity contribution in [2.75, 3.05) is 11.3 Å². The zero-order chi connectivity index (χ0) is 22.8. The van der Waals surface area contributed by atoms with E-state index in [2.05, 4.69) is 10.0 Å². The molecule has 7 nitrogen and oxygen atoms in total. The molecule has 166 valence electrons. The van der Waals surface area contributed by atoms with Gasteiger partial charge in [0.05, 0.1) is 4.90 Å². The van der Waals surface area contributed by atoms with Crippen molar-refractivity contribution in [2.24, 2.45) is 0 Å². The minimum Gasteiger partial charge on any atom is -0.352 e. The third-order valence-electron chi connectivity index (χ3n) is 5.24. The quantitative estimate of drug-likeness (QED) is 0.716. The maximum atomic E-state index is 13.1. The van der Waals surface area contributed by atoms with Gasteiger partial charge in [0.2, 0.25) is 5.91 Å². The van der Waals surface area contributed by atoms with E-state index in [1.807, 2.05) is 26.8 Å². The highest BCUT2D eigenvalue weighted by Gasteiger charge is 2.34. The first kappa shape index (κ1) is 22.8. The van der Waals surface area contributed by atoms with Crippen molar-refractivity contribution in [1.82, 2.24) is 10.2 Å². The Morgan fingerprint density at radius 2 is 1.84 bits per heavy atom. The van der Waals surface area contributed by atoms with Crippen molar-refractivity contribution in [1.29, 1.82) is 0 Å². The fourth-order valence-corrected chi connectivity index (χ4v) is 5.13. The average Bonchev–Trinajstić information content (AvgIpc) is 3.18. The highest BCUT2D eigenvalue weighted by atomic mass is 32.2. The largest absolute Gasteiger partial charge is 0.352 e. The summed E-state index contributed by atoms with van der Waals surface area (Å²) in [5.74, 6) is -0.443. The predicted octanol–water partition coefficient (Wildman–Crippen LogP) is 3.23. The zero-order valence-electron chi connectivity index (χ0n) is 18.3. The van der Waals surface area contributed by atoms with Gasteiger partial charge in [-0.3, -0.25) is 14.3 Å². The molecule has 2 aromatic rings. The van der Waals surface area contributed by atoms with E-state index in [9.17, 15) is 18.0 Å². The number of hydrogen-bond acceptors (Lipinski definition) is 4. The number of sulfonamides is 1. The van der Waals surface area contributed by atoms with Crippen LogP contribution >= 0.6 is 0 Å². The molecule has 2 aromatic carbocycles. The Labute approximate surface area is 183 Å². The van der Waals surface area contributed by atoms with Crippen molar-refractivity contribution in [2.45, 2.75) is 57.5 Å². The van der Waals surface area contributed by atoms with Gasteiger partial charge in [-0.05, 0) is 75.9 Å². The summed E-state index contributed by atoms with van der Waals surface area (Å²) in [6, 6.07) is 11.1. The third kappa shape index (κ3) is 5.25. The first-order valence-corrected chi connectivity index (χ1v) is 11.9. The van der Waals surface area contributed by atoms with Crippen LogP contribution < -0.4 is 10.0 Å². The molecule has 0 aliphatic carbocycles. The number of likely N-dealkylation sites (tertiary alicyclic amines) is 1. The van der Waals surface area contributed by atoms with Crippen LogP contribution in [0.5, 0.6) is 0 Å². The summed E-state index contributed by atoms with van der Waals surface area (Å²) in [4.78, 5) is 27.3. The Morgan fingerprint density at radius 1 is 1.10 bits per heavy atom. The number of carbonyl (C=O) groups is 2. The van der Waals surface area contributed by atoms with E-state index in [0.29, 0.717) is 29.8 Å². The van der Waals surface area contributed by atoms with Crippen LogP contribution in [0.25, 0.3) is 0 Å². The highest BCUT2D eigenvalue weighted by Crippen LogP contribution is 2.24. The highest BCUT2D eigenvalue weighted by molar-refractivity contribution is 7.92. The van der Waals surface area contributed by atoms with Crippen LogP contribution in [0.1, 0.15) is 48.2 Å². The van der Waals surface area contributed by atoms with E-state index in [4.69, 9.17) is 0 Å². The molecule has 0 bridgehead atoms. The maximum absolute atomic E-state index is 13.1. The predicted molar refractivity (Wildman–Crippen MR) is 121 cm³/mol. The molecule has 1 saturated heterocycles. The molecule has 1 aliphatic heterocycles. The minimum absolute atomic E-state index is 0.00661. The lowest BCUT2D eigenvalue weighted by molar-refractivity contribution is -0.125. The second kappa shape index (κ2) is 9.09. The number of benzene rings is 2. The second-order valence-corrected chi connectivity index (χ2v) is 9.93. The molecule has 3 rings (SSSR count). The number of anilines is 1. The zero-order valence-corrected chi connectivity index (χ0v) is 19.1. The Bertz CT molecular complexity index is 1100. The lowest BCUT2D eigenvalue weighted by atomic mass is 10.1. The summed E-state index contributed by atoms with van der Waals surface area (Å²) in [5.41, 5.74) is 2.12. The van der Waals surface area contributed by atoms with Crippen molar-refractivity contribution in [3.05, 3.63) is 59.2 Å². The van der Waals surface area contributed by atoms with Gasteiger partial charge in [0, 0.05) is 23.8 Å². The third-order valence-corrected chi connectivity index (χ3v) is 6.77. The summed E-state index contributed by atoms with van der Waals surface area (Å²) in [5, 5.41) is 2.87. The normalized spacial score (nSPS) is 16.4. The van der Waals surface area contributed by atoms with E-state index in [1.54, 1.807) is 42.2 Å². The summed E-state index contributed by atoms with van der Waals surface area (Å²) in [6.45, 7) is 7.83. The molecule has 1 aliphatic rings. The van der Waals surface area contributed by atoms with E-state index in [-0.39, 0.29) is 22.8 Å². The molecule has 1 atom stereocenters. The van der Waals surface area contributed by atoms with Gasteiger partial charge in [0.25, 0.3) is 15.9 Å². The SMILES string of the molecule is Cc1ccc(C)c(S(=O)(=O)Nc2cccc(C(=O)N3CCC[C@@H]3C(=O)NC(C)C)c2)c1. The fourth-order valence-electron chi connectivity index (χ4n) is 3.75. The Balaban J connectivity index is 1.82. The number of carbonyl (C=O) groups excluding carboxylic acids is 2. The summed E-state index contributed by atoms with van der Waals surface area (Å²) in [6.07, 6.45) is 1.37. The average molecular weight is 444 g/mol. The molecule has 2 N–H and O–H groups in total. The number of nitrogens with one attached hydrogen (secondary N) is 2. The molecule has 0 unspecified atom stereocenters. The Hall–Kier alpha value is -2.87. The van der Waals surface area contributed by atoms with Gasteiger partial charge in [-0.1, -0.05) is 18.2 Å². The summed E-state index contributed by atoms with van der Waals surface area (Å²) >= 11 is 0. The van der Waals surface area contributed by atoms with Gasteiger partial charge in [-0.15, -0.1) is 0 Å². The standard InChI is InChI=1S/C23H29N3O4S/c1-15(2)24-22(27)20-9-6-12-26(20)23(28)18-7-5-8-19(14-18)25-31(29,30)21-13-16(3)10-11-17(21)4/h5,7-8,10-11,13-15,20,25H,6,9,12H2,1-4H3,(H,24,27)/t20-/m1/s1. The number of hydrogen-bond donors (Lipinski definition) is 2. The molecule has 1 heterocycles. The maximum Gasteiger partial charge on any atom is 0.262 e. The van der Waals surface area contributed by atoms with Gasteiger partial charge in [-0.2, -0.15) is 0 Å². The van der Waals surface area contributed by atoms with Crippen LogP contribution in [0.4, 0.5) is 5.69 Å². The molecular weight excluding hydrogens is 414 g/mol. The molecule has 8 heteroatoms. The van der Waals surface area contributed by atoms with Crippen LogP contribution in [-0.2, 0) is 14.8 Å². The Kier molecular flexibility index (Phi) is 6.69. The summed E-state index contributed by atoms with van der Waals surface area (Å²) < 4.78 is 28.4. The number of nitrogens with zero attached hydrogens (tertiary/aromatic N) is 1. The van der Waals surface area contributed by atoms with Gasteiger partial charge in [0.15, 0.2) is 0 Å². The lowest BCUT2D eigenvalue weighted by Gasteiger charge is -2.25. The van der Waals surface area contributed by atoms with Gasteiger partial charge >= 0.3 is 0 Å². The lowest BCUT2D eigenvalue weighted by Crippen LogP contribution is -2.47. The van der Waals surface area contributed by atoms with Crippen LogP contribution in [0.2, 0.25) is 0 Å². The van der Waals surface area contributed by atoms with Gasteiger partial charge in [-0.25, -0.2) is 8.42 Å². The first-order chi connectivity index (χ1) is 14.6. The van der Waals surface area contributed by atoms with Gasteiger partial charge < -0.3 is 10.2 Å². The van der Waals surface area contributed by atoms with Crippen LogP contribution in [-0.4, -0.2) is 43.8 Å². The fraction of sp³-hybridized carbons (Fsp3) is 0.391. The van der Waals surface area contributed by atoms with Crippen molar-refractivity contribution >= 4 is 27.5 Å². The molecule has 0 spiro atoms. The molecule has 1 fully saturated rings. The first-order valence-electron chi connectivity index (χ1n) is 10.4. The van der Waals surface area contributed by atoms with E-state index in [0.717, 1.165) is 12.0 Å². The molecule has 31 heavy (non-hydrogen) atoms. The van der Waals surface area contributed by atoms with E-state index >= 15 is 0 Å². The topological polar surface area (TPSA) is 95.6 Å². The molecule has 2 amide bonds. The monoisotopic (exact) mass is 443 g/mol. The summed E-state index contributed by atoms with van der Waals surface area (Å²) in [7, 11) is -3.80. The van der Waals surface area contributed by atoms with Gasteiger partial charge in [0.1, 0.15) is 6.04 Å². The molecule has 0 saturated carbocycles. The van der Waals surface area contributed by atoms with E-state index < -0.39 is 16.1 Å². The van der Waals surface area contributed by atoms with Crippen LogP contribution in [0, 0.1) is 13.8 Å². The van der Waals surface area contributed by atoms with Crippen LogP contribution in [0.3, 0.4) is 0 Å². The van der Waals surface area contributed by atoms with Crippen molar-refractivity contribution in [3.63, 3.8) is 0 Å². The Morgan fingerprint density at radius 3 is 2.55 bits per heavy atom. The number of aryl methyl sites for hydroxylation is 2. The number of rotatable bonds is 6. The number of amides is 2. The second-order valence-electron chi connectivity index (χ2n) is 8.28.